The van der Waals surface area contributed by atoms with Crippen molar-refractivity contribution < 1.29 is 218 Å². The van der Waals surface area contributed by atoms with E-state index in [1.54, 1.807) is 0 Å². The summed E-state index contributed by atoms with van der Waals surface area (Å²) < 4.78 is 0. The van der Waals surface area contributed by atoms with Crippen LogP contribution < -0.4 is 30.6 Å². The Morgan fingerprint density at radius 1 is 0.483 bits per heavy atom. The van der Waals surface area contributed by atoms with Crippen LogP contribution in [0.15, 0.2) is 0 Å². The summed E-state index contributed by atoms with van der Waals surface area (Å²) in [5.41, 5.74) is -5.95. The second-order valence-electron chi connectivity index (χ2n) is 4.83. The Hall–Kier alpha value is 1.49. The van der Waals surface area contributed by atoms with E-state index in [0.29, 0.717) is 0 Å². The van der Waals surface area contributed by atoms with Crippen molar-refractivity contribution in [1.29, 1.82) is 0 Å². The van der Waals surface area contributed by atoms with Gasteiger partial charge in [0.1, 0.15) is 11.2 Å². The zero-order valence-electron chi connectivity index (χ0n) is 13.8. The molecule has 0 bridgehead atoms. The number of aliphatic carboxylic acids is 6. The number of carbonyl (C=O) groups is 6. The first-order chi connectivity index (χ1) is 11.6. The summed E-state index contributed by atoms with van der Waals surface area (Å²) in [7, 11) is 0. The molecule has 0 spiro atoms. The van der Waals surface area contributed by atoms with E-state index >= 15 is 0 Å². The average molecular weight is 834 g/mol. The number of carbonyl (C=O) groups excluding carboxylic acids is 6. The van der Waals surface area contributed by atoms with Crippen LogP contribution in [-0.2, 0) is 28.8 Å². The second kappa shape index (κ2) is 19.0. The Balaban J connectivity index is -0.000000120. The molecule has 0 saturated heterocycles. The average Bonchev–Trinajstić information content (AvgIpc) is 2.34. The van der Waals surface area contributed by atoms with Gasteiger partial charge in [-0.3, -0.25) is 0 Å². The largest absolute Gasteiger partial charge is 2.00 e. The predicted molar refractivity (Wildman–Crippen MR) is 58.4 cm³/mol. The van der Waals surface area contributed by atoms with E-state index in [0.717, 1.165) is 0 Å². The molecule has 0 aliphatic rings. The third-order valence-electron chi connectivity index (χ3n) is 2.51. The van der Waals surface area contributed by atoms with Gasteiger partial charge in [0.25, 0.3) is 0 Å². The summed E-state index contributed by atoms with van der Waals surface area (Å²) in [5.74, 6) is -12.0. The van der Waals surface area contributed by atoms with E-state index in [1.165, 1.54) is 0 Å². The summed E-state index contributed by atoms with van der Waals surface area (Å²) in [6.45, 7) is 0. The predicted octanol–water partition coefficient (Wildman–Crippen LogP) is -10.5. The van der Waals surface area contributed by atoms with E-state index in [4.69, 9.17) is 10.2 Å². The fraction of sp³-hybridized carbons (Fsp3) is 0.500. The van der Waals surface area contributed by atoms with Crippen LogP contribution in [0.25, 0.3) is 0 Å². The van der Waals surface area contributed by atoms with Gasteiger partial charge in [-0.25, -0.2) is 0 Å². The van der Waals surface area contributed by atoms with Gasteiger partial charge in [-0.15, -0.1) is 0 Å². The number of hydrogen-bond acceptors (Lipinski definition) is 14. The third-order valence-corrected chi connectivity index (χ3v) is 2.51. The quantitative estimate of drug-likeness (QED) is 0.207. The fourth-order valence-electron chi connectivity index (χ4n) is 1.37. The van der Waals surface area contributed by atoms with Crippen molar-refractivity contribution in [3.05, 3.63) is 0 Å². The van der Waals surface area contributed by atoms with Gasteiger partial charge in [0.15, 0.2) is 0 Å². The van der Waals surface area contributed by atoms with Crippen molar-refractivity contribution in [2.75, 3.05) is 0 Å². The SMILES string of the molecule is O=C([O-])CC(O)(CC(=O)[O-])C(=O)[O-].O=C([O-])CC(O)(CC(=O)[O-])C(=O)[O-].[Eu+2].[Eu+2].[Eu+2]. The Morgan fingerprint density at radius 2 is 0.621 bits per heavy atom. The van der Waals surface area contributed by atoms with Crippen LogP contribution in [0.2, 0.25) is 0 Å². The molecule has 17 heteroatoms. The maximum Gasteiger partial charge on any atom is 2.00 e. The molecule has 0 rings (SSSR count). The van der Waals surface area contributed by atoms with E-state index < -0.39 is 72.7 Å². The number of aliphatic hydroxyl groups is 2. The molecule has 14 nitrogen and oxygen atoms in total. The van der Waals surface area contributed by atoms with Crippen molar-refractivity contribution in [2.45, 2.75) is 36.9 Å². The first-order valence-corrected chi connectivity index (χ1v) is 6.23. The molecule has 0 atom stereocenters. The first kappa shape index (κ1) is 40.8. The van der Waals surface area contributed by atoms with E-state index in [2.05, 4.69) is 0 Å². The molecule has 0 fully saturated rings. The van der Waals surface area contributed by atoms with Crippen molar-refractivity contribution in [2.24, 2.45) is 0 Å². The summed E-state index contributed by atoms with van der Waals surface area (Å²) in [4.78, 5) is 60.0. The van der Waals surface area contributed by atoms with Crippen LogP contribution in [0.1, 0.15) is 25.7 Å². The topological polar surface area (TPSA) is 281 Å². The second-order valence-corrected chi connectivity index (χ2v) is 4.83. The standard InChI is InChI=1S/2C6H8O7.3Eu/c2*7-3(8)1-6(13,5(11)12)2-4(9)10;;;/h2*13H,1-2H2,(H,7,8)(H,9,10)(H,11,12);;;/q;;3*+2/p-6. The summed E-state index contributed by atoms with van der Waals surface area (Å²) in [6, 6.07) is 0. The minimum absolute atomic E-state index is 0. The van der Waals surface area contributed by atoms with Gasteiger partial charge >= 0.3 is 148 Å². The number of carboxylic acid groups (broad SMARTS) is 6. The van der Waals surface area contributed by atoms with Gasteiger partial charge in [-0.1, -0.05) is 0 Å². The van der Waals surface area contributed by atoms with Crippen molar-refractivity contribution in [3.8, 4) is 0 Å². The molecule has 3 radical (unpaired) electrons. The Labute approximate surface area is 284 Å². The molecule has 0 aliphatic heterocycles. The van der Waals surface area contributed by atoms with Crippen LogP contribution >= 0.6 is 0 Å². The van der Waals surface area contributed by atoms with E-state index in [9.17, 15) is 59.4 Å². The maximum absolute atomic E-state index is 10.1. The fourth-order valence-corrected chi connectivity index (χ4v) is 1.37. The molecule has 0 saturated carbocycles. The van der Waals surface area contributed by atoms with Gasteiger partial charge in [-0.05, 0) is 0 Å². The number of hydrogen-bond donors (Lipinski definition) is 2. The molecule has 0 aromatic heterocycles. The molecule has 2 N–H and O–H groups in total. The molecule has 0 aromatic rings. The van der Waals surface area contributed by atoms with Gasteiger partial charge < -0.3 is 69.6 Å². The van der Waals surface area contributed by atoms with Gasteiger partial charge in [-0.2, -0.15) is 0 Å². The normalized spacial score (nSPS) is 9.72. The van der Waals surface area contributed by atoms with Gasteiger partial charge in [0, 0.05) is 49.6 Å². The summed E-state index contributed by atoms with van der Waals surface area (Å²) in [5, 5.41) is 77.9. The van der Waals surface area contributed by atoms with E-state index in [-0.39, 0.29) is 148 Å². The Morgan fingerprint density at radius 3 is 0.690 bits per heavy atom. The molecule has 0 amide bonds. The molecule has 0 aromatic carbocycles. The van der Waals surface area contributed by atoms with Crippen LogP contribution in [-0.4, -0.2) is 57.2 Å². The molecule has 29 heavy (non-hydrogen) atoms. The maximum atomic E-state index is 10.1. The Bertz CT molecular complexity index is 521. The van der Waals surface area contributed by atoms with Gasteiger partial charge in [0.05, 0.1) is 11.9 Å². The zero-order chi connectivity index (χ0) is 21.3. The summed E-state index contributed by atoms with van der Waals surface area (Å²) >= 11 is 0. The van der Waals surface area contributed by atoms with Crippen LogP contribution in [0.4, 0.5) is 0 Å². The van der Waals surface area contributed by atoms with Crippen molar-refractivity contribution >= 4 is 35.8 Å². The van der Waals surface area contributed by atoms with Crippen molar-refractivity contribution in [1.82, 2.24) is 0 Å². The summed E-state index contributed by atoms with van der Waals surface area (Å²) in [6.07, 6.45) is -5.43. The zero-order valence-corrected chi connectivity index (χ0v) is 21.0. The Kier molecular flexibility index (Phi) is 26.7. The third kappa shape index (κ3) is 19.9. The monoisotopic (exact) mass is 837 g/mol. The first-order valence-electron chi connectivity index (χ1n) is 6.23. The van der Waals surface area contributed by atoms with Crippen LogP contribution in [0.5, 0.6) is 0 Å². The van der Waals surface area contributed by atoms with Gasteiger partial charge in [0.2, 0.25) is 0 Å². The molecule has 0 aliphatic carbocycles. The molecule has 0 unspecified atom stereocenters. The van der Waals surface area contributed by atoms with Crippen molar-refractivity contribution in [3.63, 3.8) is 0 Å². The smallest absolute Gasteiger partial charge is 0.550 e. The minimum atomic E-state index is -2.97. The molecular weight excluding hydrogens is 824 g/mol. The van der Waals surface area contributed by atoms with Crippen LogP contribution in [0, 0.1) is 148 Å². The molecular formula is C12H10Eu3O14. The number of carboxylic acids is 6. The number of rotatable bonds is 10. The van der Waals surface area contributed by atoms with E-state index in [1.807, 2.05) is 0 Å². The molecule has 163 valence electrons. The molecule has 0 heterocycles. The van der Waals surface area contributed by atoms with Crippen LogP contribution in [0.3, 0.4) is 0 Å². The minimum Gasteiger partial charge on any atom is -0.550 e.